The number of rotatable bonds is 0. The third-order valence-corrected chi connectivity index (χ3v) is 1.01. The first kappa shape index (κ1) is 6.10. The second kappa shape index (κ2) is 2.06. The van der Waals surface area contributed by atoms with Crippen LogP contribution in [0.1, 0.15) is 6.42 Å². The molecule has 0 aromatic heterocycles. The number of ether oxygens (including phenoxy) is 1. The zero-order chi connectivity index (χ0) is 6.85. The number of hydrogen-bond donors (Lipinski definition) is 2. The highest BCUT2D eigenvalue weighted by atomic mass is 16.6. The lowest BCUT2D eigenvalue weighted by Crippen LogP contribution is -2.32. The Kier molecular flexibility index (Phi) is 1.40. The molecule has 9 heavy (non-hydrogen) atoms. The minimum absolute atomic E-state index is 0.436. The predicted molar refractivity (Wildman–Crippen MR) is 31.0 cm³/mol. The maximum atomic E-state index is 10.4. The molecule has 0 aliphatic carbocycles. The standard InChI is InChI=1S/C5H8N2O2/c6-3-1-4(7)9-5(8)2-3/h2,4H,1,6-7H2. The fourth-order valence-corrected chi connectivity index (χ4v) is 0.667. The Morgan fingerprint density at radius 3 is 2.89 bits per heavy atom. The summed E-state index contributed by atoms with van der Waals surface area (Å²) in [6.45, 7) is 0. The number of cyclic esters (lactones) is 1. The molecule has 1 rings (SSSR count). The number of nitrogens with two attached hydrogens (primary N) is 2. The molecule has 1 aliphatic heterocycles. The van der Waals surface area contributed by atoms with Gasteiger partial charge in [0.05, 0.1) is 0 Å². The second-order valence-electron chi connectivity index (χ2n) is 1.90. The molecule has 1 atom stereocenters. The van der Waals surface area contributed by atoms with Crippen LogP contribution < -0.4 is 11.5 Å². The molecule has 4 heteroatoms. The van der Waals surface area contributed by atoms with E-state index in [1.165, 1.54) is 6.08 Å². The van der Waals surface area contributed by atoms with Gasteiger partial charge in [-0.3, -0.25) is 5.73 Å². The molecule has 0 saturated carbocycles. The van der Waals surface area contributed by atoms with Crippen molar-refractivity contribution in [3.8, 4) is 0 Å². The van der Waals surface area contributed by atoms with Gasteiger partial charge >= 0.3 is 5.97 Å². The van der Waals surface area contributed by atoms with Crippen molar-refractivity contribution in [2.45, 2.75) is 12.6 Å². The van der Waals surface area contributed by atoms with Crippen molar-refractivity contribution in [2.75, 3.05) is 0 Å². The average molecular weight is 128 g/mol. The Bertz CT molecular complexity index is 164. The van der Waals surface area contributed by atoms with Crippen molar-refractivity contribution in [3.05, 3.63) is 11.8 Å². The molecule has 0 aromatic rings. The highest BCUT2D eigenvalue weighted by Crippen LogP contribution is 2.05. The summed E-state index contributed by atoms with van der Waals surface area (Å²) in [6, 6.07) is 0. The minimum Gasteiger partial charge on any atom is -0.443 e. The van der Waals surface area contributed by atoms with Crippen LogP contribution in [0.2, 0.25) is 0 Å². The van der Waals surface area contributed by atoms with Gasteiger partial charge in [0.25, 0.3) is 0 Å². The second-order valence-corrected chi connectivity index (χ2v) is 1.90. The topological polar surface area (TPSA) is 78.3 Å². The van der Waals surface area contributed by atoms with Crippen molar-refractivity contribution >= 4 is 5.97 Å². The summed E-state index contributed by atoms with van der Waals surface area (Å²) >= 11 is 0. The van der Waals surface area contributed by atoms with Gasteiger partial charge in [-0.05, 0) is 0 Å². The number of hydrogen-bond acceptors (Lipinski definition) is 4. The molecule has 0 aromatic carbocycles. The van der Waals surface area contributed by atoms with Gasteiger partial charge in [-0.25, -0.2) is 4.79 Å². The maximum Gasteiger partial charge on any atom is 0.334 e. The van der Waals surface area contributed by atoms with E-state index in [1.807, 2.05) is 0 Å². The molecular weight excluding hydrogens is 120 g/mol. The highest BCUT2D eigenvalue weighted by molar-refractivity contribution is 5.83. The lowest BCUT2D eigenvalue weighted by molar-refractivity contribution is -0.143. The molecule has 1 unspecified atom stereocenters. The van der Waals surface area contributed by atoms with Gasteiger partial charge in [0.2, 0.25) is 0 Å². The quantitative estimate of drug-likeness (QED) is 0.413. The molecule has 0 amide bonds. The third kappa shape index (κ3) is 1.43. The number of carbonyl (C=O) groups excluding carboxylic acids is 1. The Balaban J connectivity index is 2.67. The monoisotopic (exact) mass is 128 g/mol. The highest BCUT2D eigenvalue weighted by Gasteiger charge is 2.14. The van der Waals surface area contributed by atoms with Crippen LogP contribution in [0.5, 0.6) is 0 Å². The third-order valence-electron chi connectivity index (χ3n) is 1.01. The normalized spacial score (nSPS) is 27.0. The Morgan fingerprint density at radius 1 is 1.78 bits per heavy atom. The van der Waals surface area contributed by atoms with Crippen molar-refractivity contribution in [3.63, 3.8) is 0 Å². The summed E-state index contributed by atoms with van der Waals surface area (Å²) in [5.74, 6) is -0.453. The van der Waals surface area contributed by atoms with Crippen molar-refractivity contribution in [1.82, 2.24) is 0 Å². The van der Waals surface area contributed by atoms with Gasteiger partial charge in [-0.2, -0.15) is 0 Å². The first-order valence-electron chi connectivity index (χ1n) is 2.61. The van der Waals surface area contributed by atoms with Gasteiger partial charge in [-0.15, -0.1) is 0 Å². The zero-order valence-corrected chi connectivity index (χ0v) is 4.83. The molecule has 0 spiro atoms. The predicted octanol–water partition coefficient (Wildman–Crippen LogP) is -0.939. The van der Waals surface area contributed by atoms with Crippen molar-refractivity contribution in [2.24, 2.45) is 11.5 Å². The molecule has 0 fully saturated rings. The summed E-state index contributed by atoms with van der Waals surface area (Å²) in [5, 5.41) is 0. The van der Waals surface area contributed by atoms with E-state index in [9.17, 15) is 4.79 Å². The Morgan fingerprint density at radius 2 is 2.44 bits per heavy atom. The average Bonchev–Trinajstić information content (AvgIpc) is 1.59. The lowest BCUT2D eigenvalue weighted by atomic mass is 10.2. The van der Waals surface area contributed by atoms with E-state index in [0.717, 1.165) is 0 Å². The molecule has 4 N–H and O–H groups in total. The Hall–Kier alpha value is -1.03. The Labute approximate surface area is 52.5 Å². The molecule has 1 heterocycles. The minimum atomic E-state index is -0.553. The molecule has 0 bridgehead atoms. The molecule has 0 radical (unpaired) electrons. The summed E-state index contributed by atoms with van der Waals surface area (Å²) in [7, 11) is 0. The molecular formula is C5H8N2O2. The van der Waals surface area contributed by atoms with Gasteiger partial charge in [0.15, 0.2) is 6.23 Å². The number of esters is 1. The molecule has 50 valence electrons. The lowest BCUT2D eigenvalue weighted by Gasteiger charge is -2.16. The van der Waals surface area contributed by atoms with Crippen LogP contribution in [0.25, 0.3) is 0 Å². The SMILES string of the molecule is NC1=CC(=O)OC(N)C1. The maximum absolute atomic E-state index is 10.4. The van der Waals surface area contributed by atoms with E-state index in [0.29, 0.717) is 12.1 Å². The first-order chi connectivity index (χ1) is 4.18. The smallest absolute Gasteiger partial charge is 0.334 e. The summed E-state index contributed by atoms with van der Waals surface area (Å²) < 4.78 is 4.54. The zero-order valence-electron chi connectivity index (χ0n) is 4.83. The van der Waals surface area contributed by atoms with Crippen LogP contribution in [0.15, 0.2) is 11.8 Å². The van der Waals surface area contributed by atoms with E-state index in [4.69, 9.17) is 11.5 Å². The van der Waals surface area contributed by atoms with Gasteiger partial charge in [-0.1, -0.05) is 0 Å². The van der Waals surface area contributed by atoms with E-state index in [2.05, 4.69) is 4.74 Å². The molecule has 0 saturated heterocycles. The van der Waals surface area contributed by atoms with Crippen LogP contribution in [0.3, 0.4) is 0 Å². The molecule has 1 aliphatic rings. The van der Waals surface area contributed by atoms with Crippen LogP contribution >= 0.6 is 0 Å². The van der Waals surface area contributed by atoms with Gasteiger partial charge in [0, 0.05) is 18.2 Å². The van der Waals surface area contributed by atoms with Crippen LogP contribution in [0.4, 0.5) is 0 Å². The van der Waals surface area contributed by atoms with Gasteiger partial charge in [0.1, 0.15) is 0 Å². The van der Waals surface area contributed by atoms with Crippen LogP contribution in [-0.4, -0.2) is 12.2 Å². The number of carbonyl (C=O) groups is 1. The fraction of sp³-hybridized carbons (Fsp3) is 0.400. The van der Waals surface area contributed by atoms with Crippen molar-refractivity contribution in [1.29, 1.82) is 0 Å². The molecule has 4 nitrogen and oxygen atoms in total. The summed E-state index contributed by atoms with van der Waals surface area (Å²) in [6.07, 6.45) is 1.12. The van der Waals surface area contributed by atoms with Gasteiger partial charge < -0.3 is 10.5 Å². The fourth-order valence-electron chi connectivity index (χ4n) is 0.667. The van der Waals surface area contributed by atoms with Crippen LogP contribution in [-0.2, 0) is 9.53 Å². The summed E-state index contributed by atoms with van der Waals surface area (Å²) in [4.78, 5) is 10.4. The summed E-state index contributed by atoms with van der Waals surface area (Å²) in [5.41, 5.74) is 11.0. The first-order valence-corrected chi connectivity index (χ1v) is 2.61. The largest absolute Gasteiger partial charge is 0.443 e. The van der Waals surface area contributed by atoms with E-state index in [-0.39, 0.29) is 0 Å². The van der Waals surface area contributed by atoms with Crippen molar-refractivity contribution < 1.29 is 9.53 Å². The van der Waals surface area contributed by atoms with E-state index >= 15 is 0 Å². The van der Waals surface area contributed by atoms with E-state index in [1.54, 1.807) is 0 Å². The van der Waals surface area contributed by atoms with Crippen LogP contribution in [0, 0.1) is 0 Å². The van der Waals surface area contributed by atoms with E-state index < -0.39 is 12.2 Å².